The molecule has 0 fully saturated rings. The topological polar surface area (TPSA) is 53.1 Å². The molecule has 0 saturated carbocycles. The zero-order chi connectivity index (χ0) is 15.4. The van der Waals surface area contributed by atoms with Gasteiger partial charge in [0.15, 0.2) is 0 Å². The zero-order valence-corrected chi connectivity index (χ0v) is 14.3. The molecule has 0 bridgehead atoms. The van der Waals surface area contributed by atoms with Crippen molar-refractivity contribution in [2.24, 2.45) is 0 Å². The van der Waals surface area contributed by atoms with Crippen LogP contribution in [-0.4, -0.2) is 48.1 Å². The number of nitrogens with one attached hydrogen (secondary N) is 2. The summed E-state index contributed by atoms with van der Waals surface area (Å²) in [5, 5.41) is 7.63. The van der Waals surface area contributed by atoms with Crippen LogP contribution >= 0.6 is 11.3 Å². The van der Waals surface area contributed by atoms with Crippen LogP contribution in [0, 0.1) is 0 Å². The van der Waals surface area contributed by atoms with E-state index in [1.807, 2.05) is 7.05 Å². The summed E-state index contributed by atoms with van der Waals surface area (Å²) >= 11 is 1.74. The fraction of sp³-hybridized carbons (Fsp3) is 0.600. The molecule has 116 valence electrons. The van der Waals surface area contributed by atoms with Crippen molar-refractivity contribution in [1.29, 1.82) is 0 Å². The van der Waals surface area contributed by atoms with Crippen LogP contribution in [0.3, 0.4) is 0 Å². The van der Waals surface area contributed by atoms with Gasteiger partial charge in [-0.15, -0.1) is 11.3 Å². The van der Waals surface area contributed by atoms with E-state index in [-0.39, 0.29) is 0 Å². The lowest BCUT2D eigenvalue weighted by atomic mass is 10.3. The molecule has 5 nitrogen and oxygen atoms in total. The molecule has 0 radical (unpaired) electrons. The fourth-order valence-electron chi connectivity index (χ4n) is 2.00. The second kappa shape index (κ2) is 7.04. The third kappa shape index (κ3) is 3.83. The maximum atomic E-state index is 4.56. The lowest BCUT2D eigenvalue weighted by molar-refractivity contribution is 0.284. The summed E-state index contributed by atoms with van der Waals surface area (Å²) in [6.07, 6.45) is 1.03. The lowest BCUT2D eigenvalue weighted by Crippen LogP contribution is -2.31. The van der Waals surface area contributed by atoms with Crippen molar-refractivity contribution < 1.29 is 0 Å². The molecule has 0 saturated heterocycles. The van der Waals surface area contributed by atoms with E-state index in [2.05, 4.69) is 59.4 Å². The predicted molar refractivity (Wildman–Crippen MR) is 92.6 cm³/mol. The van der Waals surface area contributed by atoms with Crippen LogP contribution in [0.1, 0.15) is 25.6 Å². The number of aryl methyl sites for hydroxylation is 1. The molecule has 21 heavy (non-hydrogen) atoms. The molecule has 6 heteroatoms. The third-order valence-corrected chi connectivity index (χ3v) is 4.83. The van der Waals surface area contributed by atoms with Crippen molar-refractivity contribution in [3.8, 4) is 0 Å². The lowest BCUT2D eigenvalue weighted by Gasteiger charge is -2.21. The van der Waals surface area contributed by atoms with Crippen molar-refractivity contribution in [3.05, 3.63) is 10.9 Å². The van der Waals surface area contributed by atoms with Gasteiger partial charge in [0, 0.05) is 31.1 Å². The summed E-state index contributed by atoms with van der Waals surface area (Å²) in [5.74, 6) is 1.60. The second-order valence-corrected chi connectivity index (χ2v) is 6.55. The average Bonchev–Trinajstić information content (AvgIpc) is 2.89. The molecule has 2 heterocycles. The number of likely N-dealkylation sites (N-methyl/N-ethyl adjacent to an activating group) is 1. The van der Waals surface area contributed by atoms with Crippen molar-refractivity contribution in [1.82, 2.24) is 14.9 Å². The molecule has 0 unspecified atom stereocenters. The van der Waals surface area contributed by atoms with Gasteiger partial charge in [-0.05, 0) is 33.4 Å². The van der Waals surface area contributed by atoms with Crippen LogP contribution in [0.15, 0.2) is 6.07 Å². The number of thiophene rings is 1. The van der Waals surface area contributed by atoms with E-state index in [1.165, 1.54) is 4.88 Å². The normalized spacial score (nSPS) is 11.6. The minimum absolute atomic E-state index is 0.554. The number of nitrogens with zero attached hydrogens (tertiary/aromatic N) is 3. The number of hydrogen-bond donors (Lipinski definition) is 2. The van der Waals surface area contributed by atoms with Gasteiger partial charge in [-0.2, -0.15) is 4.98 Å². The molecular formula is C15H25N5S. The van der Waals surface area contributed by atoms with Gasteiger partial charge in [0.1, 0.15) is 10.6 Å². The second-order valence-electron chi connectivity index (χ2n) is 5.43. The summed E-state index contributed by atoms with van der Waals surface area (Å²) in [6, 6.07) is 2.76. The third-order valence-electron chi connectivity index (χ3n) is 3.65. The number of rotatable bonds is 7. The Balaban J connectivity index is 2.18. The summed E-state index contributed by atoms with van der Waals surface area (Å²) in [4.78, 5) is 13.8. The van der Waals surface area contributed by atoms with E-state index in [9.17, 15) is 0 Å². The summed E-state index contributed by atoms with van der Waals surface area (Å²) < 4.78 is 0. The number of anilines is 2. The summed E-state index contributed by atoms with van der Waals surface area (Å²) in [5.41, 5.74) is 0. The Kier molecular flexibility index (Phi) is 5.36. The molecule has 2 N–H and O–H groups in total. The van der Waals surface area contributed by atoms with E-state index >= 15 is 0 Å². The highest BCUT2D eigenvalue weighted by atomic mass is 32.1. The zero-order valence-electron chi connectivity index (χ0n) is 13.5. The van der Waals surface area contributed by atoms with Crippen LogP contribution in [-0.2, 0) is 6.42 Å². The van der Waals surface area contributed by atoms with Crippen molar-refractivity contribution in [2.45, 2.75) is 33.2 Å². The molecular weight excluding hydrogens is 282 g/mol. The average molecular weight is 307 g/mol. The number of hydrogen-bond acceptors (Lipinski definition) is 6. The van der Waals surface area contributed by atoms with Crippen molar-refractivity contribution in [2.75, 3.05) is 37.8 Å². The van der Waals surface area contributed by atoms with Crippen molar-refractivity contribution in [3.63, 3.8) is 0 Å². The van der Waals surface area contributed by atoms with Crippen LogP contribution in [0.25, 0.3) is 10.2 Å². The van der Waals surface area contributed by atoms with Gasteiger partial charge in [0.2, 0.25) is 5.95 Å². The Morgan fingerprint density at radius 1 is 1.33 bits per heavy atom. The highest BCUT2D eigenvalue weighted by Gasteiger charge is 2.11. The molecule has 0 amide bonds. The van der Waals surface area contributed by atoms with Gasteiger partial charge in [0.25, 0.3) is 0 Å². The summed E-state index contributed by atoms with van der Waals surface area (Å²) in [7, 11) is 3.99. The molecule has 2 rings (SSSR count). The van der Waals surface area contributed by atoms with E-state index in [1.54, 1.807) is 11.3 Å². The molecule has 0 aliphatic rings. The Morgan fingerprint density at radius 2 is 2.10 bits per heavy atom. The standard InChI is InChI=1S/C15H25N5S/c1-6-11-9-12-13(17-7-8-20(5)10(2)3)18-15(16-4)19-14(12)21-11/h9-10H,6-8H2,1-5H3,(H2,16,17,18,19). The minimum Gasteiger partial charge on any atom is -0.368 e. The first-order valence-electron chi connectivity index (χ1n) is 7.47. The minimum atomic E-state index is 0.554. The van der Waals surface area contributed by atoms with E-state index < -0.39 is 0 Å². The Bertz CT molecular complexity index is 593. The van der Waals surface area contributed by atoms with Crippen LogP contribution in [0.2, 0.25) is 0 Å². The highest BCUT2D eigenvalue weighted by Crippen LogP contribution is 2.30. The number of aromatic nitrogens is 2. The van der Waals surface area contributed by atoms with Crippen LogP contribution < -0.4 is 10.6 Å². The van der Waals surface area contributed by atoms with E-state index in [0.29, 0.717) is 12.0 Å². The van der Waals surface area contributed by atoms with Gasteiger partial charge < -0.3 is 15.5 Å². The van der Waals surface area contributed by atoms with E-state index in [4.69, 9.17) is 0 Å². The number of fused-ring (bicyclic) bond motifs is 1. The molecule has 0 aliphatic heterocycles. The van der Waals surface area contributed by atoms with Gasteiger partial charge >= 0.3 is 0 Å². The first-order valence-corrected chi connectivity index (χ1v) is 8.29. The maximum absolute atomic E-state index is 4.56. The SMILES string of the molecule is CCc1cc2c(NCCN(C)C(C)C)nc(NC)nc2s1. The maximum Gasteiger partial charge on any atom is 0.225 e. The smallest absolute Gasteiger partial charge is 0.225 e. The first kappa shape index (κ1) is 16.0. The molecule has 2 aromatic rings. The van der Waals surface area contributed by atoms with Crippen LogP contribution in [0.5, 0.6) is 0 Å². The fourth-order valence-corrected chi connectivity index (χ4v) is 2.97. The molecule has 2 aromatic heterocycles. The predicted octanol–water partition coefficient (Wildman–Crippen LogP) is 3.05. The van der Waals surface area contributed by atoms with Gasteiger partial charge in [-0.3, -0.25) is 0 Å². The monoisotopic (exact) mass is 307 g/mol. The van der Waals surface area contributed by atoms with Gasteiger partial charge in [0.05, 0.1) is 5.39 Å². The van der Waals surface area contributed by atoms with Crippen molar-refractivity contribution >= 4 is 33.3 Å². The van der Waals surface area contributed by atoms with Crippen LogP contribution in [0.4, 0.5) is 11.8 Å². The molecule has 0 aromatic carbocycles. The summed E-state index contributed by atoms with van der Waals surface area (Å²) in [6.45, 7) is 8.44. The molecule has 0 spiro atoms. The Morgan fingerprint density at radius 3 is 2.71 bits per heavy atom. The quantitative estimate of drug-likeness (QED) is 0.823. The molecule has 0 aliphatic carbocycles. The first-order chi connectivity index (χ1) is 10.0. The Hall–Kier alpha value is -1.40. The largest absolute Gasteiger partial charge is 0.368 e. The van der Waals surface area contributed by atoms with Gasteiger partial charge in [-0.1, -0.05) is 6.92 Å². The van der Waals surface area contributed by atoms with E-state index in [0.717, 1.165) is 35.5 Å². The van der Waals surface area contributed by atoms with Gasteiger partial charge in [-0.25, -0.2) is 4.98 Å². The molecule has 0 atom stereocenters. The highest BCUT2D eigenvalue weighted by molar-refractivity contribution is 7.18. The Labute approximate surface area is 130 Å².